The molecule has 8 nitrogen and oxygen atoms in total. The summed E-state index contributed by atoms with van der Waals surface area (Å²) < 4.78 is 1.19. The zero-order valence-electron chi connectivity index (χ0n) is 14.5. The Kier molecular flexibility index (Phi) is 5.06. The zero-order chi connectivity index (χ0) is 17.8. The molecule has 0 radical (unpaired) electrons. The van der Waals surface area contributed by atoms with Gasteiger partial charge in [0.05, 0.1) is 5.69 Å². The van der Waals surface area contributed by atoms with Crippen molar-refractivity contribution in [1.29, 1.82) is 0 Å². The number of hydrogen-bond donors (Lipinski definition) is 1. The number of piperidine rings is 1. The van der Waals surface area contributed by atoms with Gasteiger partial charge < -0.3 is 10.2 Å². The van der Waals surface area contributed by atoms with Crippen LogP contribution in [0, 0.1) is 5.92 Å². The van der Waals surface area contributed by atoms with E-state index in [0.717, 1.165) is 30.8 Å². The van der Waals surface area contributed by atoms with Gasteiger partial charge in [-0.05, 0) is 43.4 Å². The summed E-state index contributed by atoms with van der Waals surface area (Å²) >= 11 is 0. The van der Waals surface area contributed by atoms with Crippen LogP contribution in [0.5, 0.6) is 0 Å². The lowest BCUT2D eigenvalue weighted by atomic mass is 9.93. The first-order valence-electron chi connectivity index (χ1n) is 8.41. The molecule has 1 fully saturated rings. The number of hydrogen-bond acceptors (Lipinski definition) is 6. The van der Waals surface area contributed by atoms with Crippen LogP contribution in [0.4, 0.5) is 5.82 Å². The van der Waals surface area contributed by atoms with Crippen molar-refractivity contribution >= 4 is 11.7 Å². The summed E-state index contributed by atoms with van der Waals surface area (Å²) in [5.74, 6) is 0.960. The second-order valence-electron chi connectivity index (χ2n) is 6.30. The van der Waals surface area contributed by atoms with E-state index in [-0.39, 0.29) is 11.5 Å². The summed E-state index contributed by atoms with van der Waals surface area (Å²) in [6.45, 7) is 1.38. The fraction of sp³-hybridized carbons (Fsp3) is 0.471. The molecule has 0 saturated carbocycles. The molecule has 1 atom stereocenters. The highest BCUT2D eigenvalue weighted by Crippen LogP contribution is 2.21. The molecule has 0 bridgehead atoms. The second kappa shape index (κ2) is 7.42. The predicted octanol–water partition coefficient (Wildman–Crippen LogP) is 0.707. The Hall–Kier alpha value is -2.77. The Morgan fingerprint density at radius 2 is 2.12 bits per heavy atom. The highest BCUT2D eigenvalue weighted by molar-refractivity contribution is 5.92. The van der Waals surface area contributed by atoms with Gasteiger partial charge in [0.1, 0.15) is 11.5 Å². The number of nitrogens with zero attached hydrogens (tertiary/aromatic N) is 5. The quantitative estimate of drug-likeness (QED) is 0.879. The van der Waals surface area contributed by atoms with Crippen molar-refractivity contribution in [2.75, 3.05) is 25.5 Å². The van der Waals surface area contributed by atoms with Crippen molar-refractivity contribution in [1.82, 2.24) is 24.9 Å². The number of amides is 1. The van der Waals surface area contributed by atoms with Gasteiger partial charge in [-0.15, -0.1) is 5.10 Å². The highest BCUT2D eigenvalue weighted by Gasteiger charge is 2.26. The second-order valence-corrected chi connectivity index (χ2v) is 6.30. The molecule has 2 aromatic heterocycles. The van der Waals surface area contributed by atoms with Gasteiger partial charge in [-0.1, -0.05) is 0 Å². The van der Waals surface area contributed by atoms with E-state index >= 15 is 0 Å². The number of carbonyl (C=O) groups is 1. The van der Waals surface area contributed by atoms with Crippen molar-refractivity contribution in [3.63, 3.8) is 0 Å². The monoisotopic (exact) mass is 342 g/mol. The van der Waals surface area contributed by atoms with Gasteiger partial charge in [-0.2, -0.15) is 10.2 Å². The molecule has 1 aliphatic heterocycles. The van der Waals surface area contributed by atoms with E-state index in [1.807, 2.05) is 24.1 Å². The number of likely N-dealkylation sites (tertiary alicyclic amines) is 1. The highest BCUT2D eigenvalue weighted by atomic mass is 16.2. The van der Waals surface area contributed by atoms with Gasteiger partial charge in [0, 0.05) is 33.3 Å². The van der Waals surface area contributed by atoms with Crippen LogP contribution in [0.3, 0.4) is 0 Å². The molecule has 0 aliphatic carbocycles. The maximum atomic E-state index is 12.7. The molecule has 8 heteroatoms. The first-order valence-corrected chi connectivity index (χ1v) is 8.41. The molecule has 3 rings (SSSR count). The largest absolute Gasteiger partial charge is 0.372 e. The van der Waals surface area contributed by atoms with E-state index in [9.17, 15) is 9.59 Å². The molecule has 25 heavy (non-hydrogen) atoms. The minimum absolute atomic E-state index is 0.128. The molecule has 132 valence electrons. The van der Waals surface area contributed by atoms with Crippen LogP contribution >= 0.6 is 0 Å². The topological polar surface area (TPSA) is 93.0 Å². The average molecular weight is 342 g/mol. The van der Waals surface area contributed by atoms with Gasteiger partial charge in [0.25, 0.3) is 11.5 Å². The van der Waals surface area contributed by atoms with E-state index in [1.54, 1.807) is 7.05 Å². The number of aromatic nitrogens is 4. The van der Waals surface area contributed by atoms with Gasteiger partial charge in [-0.3, -0.25) is 9.59 Å². The molecule has 2 aromatic rings. The molecule has 1 aliphatic rings. The van der Waals surface area contributed by atoms with Crippen LogP contribution in [-0.2, 0) is 13.5 Å². The smallest absolute Gasteiger partial charge is 0.274 e. The molecular formula is C17H22N6O2. The predicted molar refractivity (Wildman–Crippen MR) is 93.4 cm³/mol. The SMILES string of the molecule is CNc1ccc(C[C@H]2CCCN(C(=O)c3ccc(=O)n(C)n3)C2)nn1. The summed E-state index contributed by atoms with van der Waals surface area (Å²) in [7, 11) is 3.35. The van der Waals surface area contributed by atoms with Crippen LogP contribution in [0.1, 0.15) is 29.0 Å². The molecule has 1 saturated heterocycles. The van der Waals surface area contributed by atoms with Crippen LogP contribution < -0.4 is 10.9 Å². The maximum Gasteiger partial charge on any atom is 0.274 e. The lowest BCUT2D eigenvalue weighted by Gasteiger charge is -2.32. The number of aryl methyl sites for hydroxylation is 1. The van der Waals surface area contributed by atoms with Crippen LogP contribution in [0.25, 0.3) is 0 Å². The average Bonchev–Trinajstić information content (AvgIpc) is 2.64. The fourth-order valence-corrected chi connectivity index (χ4v) is 3.09. The summed E-state index contributed by atoms with van der Waals surface area (Å²) in [4.78, 5) is 25.9. The van der Waals surface area contributed by atoms with Crippen molar-refractivity contribution in [2.24, 2.45) is 13.0 Å². The van der Waals surface area contributed by atoms with Gasteiger partial charge >= 0.3 is 0 Å². The van der Waals surface area contributed by atoms with Crippen LogP contribution in [-0.4, -0.2) is 50.9 Å². The Morgan fingerprint density at radius 3 is 2.80 bits per heavy atom. The van der Waals surface area contributed by atoms with Gasteiger partial charge in [0.15, 0.2) is 0 Å². The van der Waals surface area contributed by atoms with Crippen LogP contribution in [0.2, 0.25) is 0 Å². The molecular weight excluding hydrogens is 320 g/mol. The lowest BCUT2D eigenvalue weighted by molar-refractivity contribution is 0.0664. The minimum atomic E-state index is -0.225. The number of anilines is 1. The first-order chi connectivity index (χ1) is 12.1. The van der Waals surface area contributed by atoms with Crippen molar-refractivity contribution in [2.45, 2.75) is 19.3 Å². The summed E-state index contributed by atoms with van der Waals surface area (Å²) in [5, 5.41) is 15.3. The Balaban J connectivity index is 1.66. The van der Waals surface area contributed by atoms with E-state index in [4.69, 9.17) is 0 Å². The summed E-state index contributed by atoms with van der Waals surface area (Å²) in [5.41, 5.74) is 1.01. The standard InChI is InChI=1S/C17H22N6O2/c1-18-15-7-5-13(19-20-15)10-12-4-3-9-23(11-12)17(25)14-6-8-16(24)22(2)21-14/h5-8,12H,3-4,9-11H2,1-2H3,(H,18,20)/t12-/m1/s1. The minimum Gasteiger partial charge on any atom is -0.372 e. The molecule has 3 heterocycles. The van der Waals surface area contributed by atoms with Gasteiger partial charge in [-0.25, -0.2) is 4.68 Å². The maximum absolute atomic E-state index is 12.7. The van der Waals surface area contributed by atoms with E-state index in [1.165, 1.54) is 16.8 Å². The zero-order valence-corrected chi connectivity index (χ0v) is 14.5. The molecule has 1 N–H and O–H groups in total. The summed E-state index contributed by atoms with van der Waals surface area (Å²) in [6.07, 6.45) is 2.80. The molecule has 0 unspecified atom stereocenters. The Bertz CT molecular complexity index is 802. The van der Waals surface area contributed by atoms with E-state index in [2.05, 4.69) is 20.6 Å². The lowest BCUT2D eigenvalue weighted by Crippen LogP contribution is -2.41. The van der Waals surface area contributed by atoms with E-state index < -0.39 is 0 Å². The first kappa shape index (κ1) is 17.1. The Labute approximate surface area is 145 Å². The number of rotatable bonds is 4. The van der Waals surface area contributed by atoms with E-state index in [0.29, 0.717) is 24.7 Å². The summed E-state index contributed by atoms with van der Waals surface area (Å²) in [6, 6.07) is 6.74. The van der Waals surface area contributed by atoms with Crippen molar-refractivity contribution < 1.29 is 4.79 Å². The molecule has 1 amide bonds. The molecule has 0 aromatic carbocycles. The third kappa shape index (κ3) is 4.01. The van der Waals surface area contributed by atoms with Gasteiger partial charge in [0.2, 0.25) is 0 Å². The van der Waals surface area contributed by atoms with Crippen molar-refractivity contribution in [3.05, 3.63) is 46.0 Å². The molecule has 0 spiro atoms. The third-order valence-corrected chi connectivity index (χ3v) is 4.46. The van der Waals surface area contributed by atoms with Crippen LogP contribution in [0.15, 0.2) is 29.1 Å². The number of nitrogens with one attached hydrogen (secondary N) is 1. The van der Waals surface area contributed by atoms with Crippen molar-refractivity contribution in [3.8, 4) is 0 Å². The third-order valence-electron chi connectivity index (χ3n) is 4.46. The normalized spacial score (nSPS) is 17.4. The number of carbonyl (C=O) groups excluding carboxylic acids is 1. The Morgan fingerprint density at radius 1 is 1.28 bits per heavy atom. The fourth-order valence-electron chi connectivity index (χ4n) is 3.09.